The molecule has 1 fully saturated rings. The Hall–Kier alpha value is -3.26. The van der Waals surface area contributed by atoms with Gasteiger partial charge in [-0.15, -0.1) is 0 Å². The summed E-state index contributed by atoms with van der Waals surface area (Å²) in [6.45, 7) is 3.56. The summed E-state index contributed by atoms with van der Waals surface area (Å²) >= 11 is 1.20. The molecule has 29 heavy (non-hydrogen) atoms. The minimum absolute atomic E-state index is 0.158. The Morgan fingerprint density at radius 2 is 2.10 bits per heavy atom. The lowest BCUT2D eigenvalue weighted by Crippen LogP contribution is -2.25. The molecule has 3 N–H and O–H groups in total. The van der Waals surface area contributed by atoms with E-state index in [1.54, 1.807) is 49.4 Å². The Labute approximate surface area is 172 Å². The highest BCUT2D eigenvalue weighted by atomic mass is 32.2. The Balaban J connectivity index is 1.79. The number of ether oxygens (including phenoxy) is 1. The lowest BCUT2D eigenvalue weighted by Gasteiger charge is -2.13. The van der Waals surface area contributed by atoms with E-state index in [4.69, 9.17) is 9.84 Å². The van der Waals surface area contributed by atoms with Gasteiger partial charge < -0.3 is 20.3 Å². The second-order valence-electron chi connectivity index (χ2n) is 6.38. The first kappa shape index (κ1) is 20.5. The van der Waals surface area contributed by atoms with Crippen LogP contribution in [0.25, 0.3) is 6.08 Å². The molecule has 1 unspecified atom stereocenters. The normalized spacial score (nSPS) is 17.4. The highest BCUT2D eigenvalue weighted by molar-refractivity contribution is 8.18. The van der Waals surface area contributed by atoms with Crippen LogP contribution >= 0.6 is 11.8 Å². The van der Waals surface area contributed by atoms with Crippen molar-refractivity contribution in [3.8, 4) is 11.5 Å². The zero-order valence-electron chi connectivity index (χ0n) is 15.9. The van der Waals surface area contributed by atoms with E-state index in [0.717, 1.165) is 5.56 Å². The van der Waals surface area contributed by atoms with E-state index in [2.05, 4.69) is 10.3 Å². The van der Waals surface area contributed by atoms with Gasteiger partial charge in [0.15, 0.2) is 11.3 Å². The van der Waals surface area contributed by atoms with Gasteiger partial charge in [-0.1, -0.05) is 19.1 Å². The van der Waals surface area contributed by atoms with Gasteiger partial charge in [-0.25, -0.2) is 9.79 Å². The van der Waals surface area contributed by atoms with E-state index in [9.17, 15) is 14.7 Å². The Bertz CT molecular complexity index is 1020. The molecule has 2 aromatic carbocycles. The zero-order valence-corrected chi connectivity index (χ0v) is 16.7. The second kappa shape index (κ2) is 8.83. The summed E-state index contributed by atoms with van der Waals surface area (Å²) in [5.74, 6) is -0.711. The molecule has 0 aromatic heterocycles. The maximum atomic E-state index is 12.3. The van der Waals surface area contributed by atoms with Crippen molar-refractivity contribution >= 4 is 40.6 Å². The molecule has 150 valence electrons. The van der Waals surface area contributed by atoms with Crippen molar-refractivity contribution in [2.45, 2.75) is 26.4 Å². The molecule has 0 spiro atoms. The number of hydrogen-bond donors (Lipinski definition) is 3. The van der Waals surface area contributed by atoms with Gasteiger partial charge in [-0.05, 0) is 72.6 Å². The van der Waals surface area contributed by atoms with Crippen LogP contribution in [0.15, 0.2) is 52.4 Å². The van der Waals surface area contributed by atoms with Crippen molar-refractivity contribution in [2.24, 2.45) is 4.99 Å². The van der Waals surface area contributed by atoms with Crippen LogP contribution in [0.2, 0.25) is 0 Å². The van der Waals surface area contributed by atoms with Gasteiger partial charge in [0.1, 0.15) is 11.5 Å². The number of benzene rings is 2. The molecular formula is C21H20N2O5S. The molecule has 1 atom stereocenters. The topological polar surface area (TPSA) is 108 Å². The predicted octanol–water partition coefficient (Wildman–Crippen LogP) is 3.83. The lowest BCUT2D eigenvalue weighted by molar-refractivity contribution is -0.145. The number of phenolic OH excluding ortho intramolecular Hbond substituents is 1. The van der Waals surface area contributed by atoms with Crippen molar-refractivity contribution in [1.82, 2.24) is 5.32 Å². The van der Waals surface area contributed by atoms with Gasteiger partial charge in [-0.3, -0.25) is 4.79 Å². The first-order chi connectivity index (χ1) is 13.9. The fraction of sp³-hybridized carbons (Fsp3) is 0.190. The number of rotatable bonds is 6. The van der Waals surface area contributed by atoms with Gasteiger partial charge in [0.2, 0.25) is 0 Å². The number of aliphatic carboxylic acids is 1. The number of aryl methyl sites for hydroxylation is 1. The number of phenols is 1. The third-order valence-corrected chi connectivity index (χ3v) is 5.04. The molecule has 1 saturated heterocycles. The van der Waals surface area contributed by atoms with Gasteiger partial charge in [0.05, 0.1) is 10.6 Å². The first-order valence-corrected chi connectivity index (χ1v) is 9.76. The van der Waals surface area contributed by atoms with Crippen LogP contribution in [0.1, 0.15) is 24.5 Å². The van der Waals surface area contributed by atoms with Crippen LogP contribution in [-0.2, 0) is 9.59 Å². The summed E-state index contributed by atoms with van der Waals surface area (Å²) in [6.07, 6.45) is 1.12. The molecular weight excluding hydrogens is 392 g/mol. The molecule has 8 heteroatoms. The minimum atomic E-state index is -1.02. The third-order valence-electron chi connectivity index (χ3n) is 4.13. The highest BCUT2D eigenvalue weighted by Gasteiger charge is 2.24. The molecule has 1 amide bonds. The van der Waals surface area contributed by atoms with Crippen molar-refractivity contribution in [1.29, 1.82) is 0 Å². The number of amides is 1. The van der Waals surface area contributed by atoms with Crippen LogP contribution in [0.4, 0.5) is 5.69 Å². The Kier molecular flexibility index (Phi) is 6.23. The van der Waals surface area contributed by atoms with E-state index in [1.807, 2.05) is 6.92 Å². The molecule has 0 radical (unpaired) electrons. The quantitative estimate of drug-likeness (QED) is 0.622. The fourth-order valence-electron chi connectivity index (χ4n) is 2.66. The summed E-state index contributed by atoms with van der Waals surface area (Å²) < 4.78 is 5.50. The van der Waals surface area contributed by atoms with Crippen molar-refractivity contribution in [2.75, 3.05) is 0 Å². The van der Waals surface area contributed by atoms with E-state index in [1.165, 1.54) is 17.8 Å². The molecule has 0 saturated carbocycles. The number of thioether (sulfide) groups is 1. The number of carbonyl (C=O) groups is 2. The van der Waals surface area contributed by atoms with Crippen molar-refractivity contribution in [3.63, 3.8) is 0 Å². The monoisotopic (exact) mass is 412 g/mol. The molecule has 1 heterocycles. The number of nitrogens with one attached hydrogen (secondary N) is 1. The maximum Gasteiger partial charge on any atom is 0.344 e. The molecule has 0 bridgehead atoms. The van der Waals surface area contributed by atoms with Crippen LogP contribution in [0.3, 0.4) is 0 Å². The average molecular weight is 412 g/mol. The Morgan fingerprint density at radius 1 is 1.31 bits per heavy atom. The van der Waals surface area contributed by atoms with Crippen molar-refractivity contribution < 1.29 is 24.5 Å². The van der Waals surface area contributed by atoms with E-state index < -0.39 is 12.1 Å². The number of hydrogen-bond acceptors (Lipinski definition) is 6. The first-order valence-electron chi connectivity index (χ1n) is 8.94. The molecule has 1 aliphatic rings. The number of carboxylic acids is 1. The number of carbonyl (C=O) groups excluding carboxylic acids is 1. The summed E-state index contributed by atoms with van der Waals surface area (Å²) in [5, 5.41) is 21.8. The summed E-state index contributed by atoms with van der Waals surface area (Å²) in [4.78, 5) is 28.3. The standard InChI is InChI=1S/C21H20N2O5S/c1-3-17(20(26)27)28-15-6-4-5-13(10-15)11-18-19(25)23-21(29-18)22-16-8-7-14(24)9-12(16)2/h4-11,17,24H,3H2,1-2H3,(H,26,27)(H,22,23,25)/b18-11+. The van der Waals surface area contributed by atoms with Gasteiger partial charge in [-0.2, -0.15) is 0 Å². The van der Waals surface area contributed by atoms with E-state index in [0.29, 0.717) is 33.5 Å². The largest absolute Gasteiger partial charge is 0.508 e. The molecule has 7 nitrogen and oxygen atoms in total. The summed E-state index contributed by atoms with van der Waals surface area (Å²) in [7, 11) is 0. The highest BCUT2D eigenvalue weighted by Crippen LogP contribution is 2.30. The SMILES string of the molecule is CCC(Oc1cccc(/C=C2/SC(=Nc3ccc(O)cc3C)NC2=O)c1)C(=O)O. The van der Waals surface area contributed by atoms with Crippen molar-refractivity contribution in [3.05, 3.63) is 58.5 Å². The van der Waals surface area contributed by atoms with Crippen LogP contribution in [-0.4, -0.2) is 33.4 Å². The molecule has 0 aliphatic carbocycles. The predicted molar refractivity (Wildman–Crippen MR) is 112 cm³/mol. The van der Waals surface area contributed by atoms with Gasteiger partial charge in [0.25, 0.3) is 5.91 Å². The molecule has 2 aromatic rings. The molecule has 1 aliphatic heterocycles. The molecule has 3 rings (SSSR count). The number of amidine groups is 1. The zero-order chi connectivity index (χ0) is 21.0. The second-order valence-corrected chi connectivity index (χ2v) is 7.41. The minimum Gasteiger partial charge on any atom is -0.508 e. The van der Waals surface area contributed by atoms with E-state index >= 15 is 0 Å². The number of aliphatic imine (C=N–C) groups is 1. The van der Waals surface area contributed by atoms with Crippen LogP contribution < -0.4 is 10.1 Å². The van der Waals surface area contributed by atoms with Crippen LogP contribution in [0, 0.1) is 6.92 Å². The third kappa shape index (κ3) is 5.17. The number of nitrogens with zero attached hydrogens (tertiary/aromatic N) is 1. The van der Waals surface area contributed by atoms with Crippen LogP contribution in [0.5, 0.6) is 11.5 Å². The Morgan fingerprint density at radius 3 is 2.79 bits per heavy atom. The summed E-state index contributed by atoms with van der Waals surface area (Å²) in [5.41, 5.74) is 2.16. The lowest BCUT2D eigenvalue weighted by atomic mass is 10.2. The number of aromatic hydroxyl groups is 1. The summed E-state index contributed by atoms with van der Waals surface area (Å²) in [6, 6.07) is 11.7. The fourth-order valence-corrected chi connectivity index (χ4v) is 3.49. The average Bonchev–Trinajstić information content (AvgIpc) is 3.01. The van der Waals surface area contributed by atoms with E-state index in [-0.39, 0.29) is 11.7 Å². The smallest absolute Gasteiger partial charge is 0.344 e. The van der Waals surface area contributed by atoms with Gasteiger partial charge in [0, 0.05) is 0 Å². The van der Waals surface area contributed by atoms with Gasteiger partial charge >= 0.3 is 5.97 Å². The number of carboxylic acid groups (broad SMARTS) is 1. The maximum absolute atomic E-state index is 12.3.